The van der Waals surface area contributed by atoms with Gasteiger partial charge in [-0.15, -0.1) is 23.2 Å². The zero-order valence-electron chi connectivity index (χ0n) is 18.7. The first-order valence-electron chi connectivity index (χ1n) is 10.8. The second-order valence-electron chi connectivity index (χ2n) is 7.79. The lowest BCUT2D eigenvalue weighted by Crippen LogP contribution is -2.27. The van der Waals surface area contributed by atoms with Gasteiger partial charge in [0.1, 0.15) is 17.6 Å². The molecule has 0 aliphatic heterocycles. The number of ether oxygens (including phenoxy) is 1. The number of hydrogen-bond acceptors (Lipinski definition) is 6. The Morgan fingerprint density at radius 1 is 1.24 bits per heavy atom. The van der Waals surface area contributed by atoms with Crippen molar-refractivity contribution in [3.8, 4) is 5.75 Å². The molecule has 1 aliphatic rings. The van der Waals surface area contributed by atoms with Gasteiger partial charge in [-0.2, -0.15) is 11.8 Å². The van der Waals surface area contributed by atoms with Gasteiger partial charge >= 0.3 is 0 Å². The highest BCUT2D eigenvalue weighted by molar-refractivity contribution is 7.99. The monoisotopic (exact) mass is 555 g/mol. The Kier molecular flexibility index (Phi) is 12.6. The molecule has 0 bridgehead atoms. The Hall–Kier alpha value is -0.790. The maximum absolute atomic E-state index is 12.9. The number of ketones is 1. The van der Waals surface area contributed by atoms with E-state index in [0.29, 0.717) is 39.6 Å². The molecule has 0 spiro atoms. The zero-order chi connectivity index (χ0) is 24.4. The Bertz CT molecular complexity index is 845. The number of rotatable bonds is 13. The van der Waals surface area contributed by atoms with Crippen LogP contribution in [0.3, 0.4) is 0 Å². The first kappa shape index (κ1) is 28.4. The molecular weight excluding hydrogens is 528 g/mol. The quantitative estimate of drug-likeness (QED) is 0.157. The van der Waals surface area contributed by atoms with Gasteiger partial charge in [-0.25, -0.2) is 0 Å². The molecule has 0 fully saturated rings. The van der Waals surface area contributed by atoms with Crippen LogP contribution >= 0.6 is 58.2 Å². The van der Waals surface area contributed by atoms with Gasteiger partial charge in [0, 0.05) is 40.4 Å². The number of aliphatic hydroxyl groups excluding tert-OH is 1. The van der Waals surface area contributed by atoms with Crippen molar-refractivity contribution in [2.45, 2.75) is 50.9 Å². The highest BCUT2D eigenvalue weighted by Crippen LogP contribution is 2.33. The lowest BCUT2D eigenvalue weighted by Gasteiger charge is -2.26. The maximum atomic E-state index is 12.9. The summed E-state index contributed by atoms with van der Waals surface area (Å²) in [4.78, 5) is 18.3. The van der Waals surface area contributed by atoms with Crippen molar-refractivity contribution in [2.24, 2.45) is 11.1 Å². The number of Topliss-reactive ketones (excluding diaryl/α,β-unsaturated/α-hetero) is 1. The van der Waals surface area contributed by atoms with Gasteiger partial charge in [-0.3, -0.25) is 4.79 Å². The lowest BCUT2D eigenvalue weighted by atomic mass is 9.82. The summed E-state index contributed by atoms with van der Waals surface area (Å²) in [7, 11) is 0. The van der Waals surface area contributed by atoms with E-state index < -0.39 is 6.10 Å². The Morgan fingerprint density at radius 3 is 2.52 bits per heavy atom. The van der Waals surface area contributed by atoms with Crippen LogP contribution in [0.15, 0.2) is 34.7 Å². The van der Waals surface area contributed by atoms with Crippen LogP contribution in [0.1, 0.15) is 39.5 Å². The number of nitrogens with zero attached hydrogens (tertiary/aromatic N) is 1. The van der Waals surface area contributed by atoms with Crippen molar-refractivity contribution in [3.05, 3.63) is 39.6 Å². The Labute approximate surface area is 219 Å². The zero-order valence-corrected chi connectivity index (χ0v) is 22.5. The molecule has 0 saturated heterocycles. The number of carbonyl (C=O) groups is 1. The van der Waals surface area contributed by atoms with E-state index in [2.05, 4.69) is 19.0 Å². The van der Waals surface area contributed by atoms with Crippen molar-refractivity contribution in [2.75, 3.05) is 24.1 Å². The molecule has 10 heteroatoms. The number of benzene rings is 1. The SMILES string of the molecule is CCSC(C)CC1CC(=O)C(/C(CCCl)=N/OCC(CCl)Oc2cc(Cl)cc(Cl)c2)=C(O)C1. The van der Waals surface area contributed by atoms with Gasteiger partial charge in [0.05, 0.1) is 17.2 Å². The molecule has 5 nitrogen and oxygen atoms in total. The van der Waals surface area contributed by atoms with E-state index >= 15 is 0 Å². The minimum absolute atomic E-state index is 0.0238. The fourth-order valence-corrected chi connectivity index (χ4v) is 5.51. The van der Waals surface area contributed by atoms with Gasteiger partial charge < -0.3 is 14.7 Å². The molecule has 0 aromatic heterocycles. The molecule has 1 aliphatic carbocycles. The molecule has 0 radical (unpaired) electrons. The smallest absolute Gasteiger partial charge is 0.168 e. The number of hydrogen-bond donors (Lipinski definition) is 1. The fourth-order valence-electron chi connectivity index (χ4n) is 3.69. The van der Waals surface area contributed by atoms with Crippen LogP contribution in [0.2, 0.25) is 10.0 Å². The van der Waals surface area contributed by atoms with E-state index in [1.54, 1.807) is 18.2 Å². The highest BCUT2D eigenvalue weighted by atomic mass is 35.5. The summed E-state index contributed by atoms with van der Waals surface area (Å²) >= 11 is 25.8. The lowest BCUT2D eigenvalue weighted by molar-refractivity contribution is -0.116. The third-order valence-corrected chi connectivity index (χ3v) is 7.07. The molecule has 1 aromatic rings. The Balaban J connectivity index is 2.06. The number of oxime groups is 1. The van der Waals surface area contributed by atoms with Crippen molar-refractivity contribution >= 4 is 69.7 Å². The molecule has 0 heterocycles. The Morgan fingerprint density at radius 2 is 1.94 bits per heavy atom. The van der Waals surface area contributed by atoms with Crippen molar-refractivity contribution in [1.82, 2.24) is 0 Å². The average Bonchev–Trinajstić information content (AvgIpc) is 2.71. The first-order valence-corrected chi connectivity index (χ1v) is 13.6. The summed E-state index contributed by atoms with van der Waals surface area (Å²) < 4.78 is 5.77. The summed E-state index contributed by atoms with van der Waals surface area (Å²) in [6.07, 6.45) is 1.45. The number of allylic oxidation sites excluding steroid dienone is 2. The number of halogens is 4. The number of carbonyl (C=O) groups excluding carboxylic acids is 1. The van der Waals surface area contributed by atoms with Crippen LogP contribution in [0.5, 0.6) is 5.75 Å². The molecule has 1 aromatic carbocycles. The van der Waals surface area contributed by atoms with E-state index in [1.165, 1.54) is 0 Å². The molecular formula is C23H29Cl4NO4S. The molecule has 0 amide bonds. The fraction of sp³-hybridized carbons (Fsp3) is 0.565. The summed E-state index contributed by atoms with van der Waals surface area (Å²) in [5.74, 6) is 1.88. The van der Waals surface area contributed by atoms with E-state index in [0.717, 1.165) is 12.2 Å². The van der Waals surface area contributed by atoms with Crippen LogP contribution in [0.25, 0.3) is 0 Å². The van der Waals surface area contributed by atoms with Crippen LogP contribution in [-0.4, -0.2) is 52.1 Å². The molecule has 33 heavy (non-hydrogen) atoms. The molecule has 3 atom stereocenters. The van der Waals surface area contributed by atoms with E-state index in [-0.39, 0.29) is 47.8 Å². The van der Waals surface area contributed by atoms with Crippen molar-refractivity contribution in [1.29, 1.82) is 0 Å². The minimum Gasteiger partial charge on any atom is -0.511 e. The third-order valence-electron chi connectivity index (χ3n) is 5.01. The maximum Gasteiger partial charge on any atom is 0.168 e. The van der Waals surface area contributed by atoms with Gasteiger partial charge in [0.15, 0.2) is 12.4 Å². The molecule has 0 saturated carbocycles. The second-order valence-corrected chi connectivity index (χ2v) is 11.1. The van der Waals surface area contributed by atoms with Crippen LogP contribution in [0.4, 0.5) is 0 Å². The summed E-state index contributed by atoms with van der Waals surface area (Å²) in [6, 6.07) is 4.84. The van der Waals surface area contributed by atoms with Crippen molar-refractivity contribution in [3.63, 3.8) is 0 Å². The minimum atomic E-state index is -0.534. The van der Waals surface area contributed by atoms with Crippen molar-refractivity contribution < 1.29 is 19.5 Å². The number of thioether (sulfide) groups is 1. The molecule has 184 valence electrons. The summed E-state index contributed by atoms with van der Waals surface area (Å²) in [6.45, 7) is 4.29. The van der Waals surface area contributed by atoms with Crippen LogP contribution in [0, 0.1) is 5.92 Å². The molecule has 3 unspecified atom stereocenters. The van der Waals surface area contributed by atoms with Gasteiger partial charge in [0.2, 0.25) is 0 Å². The normalized spacial score (nSPS) is 18.9. The predicted octanol–water partition coefficient (Wildman–Crippen LogP) is 7.30. The highest BCUT2D eigenvalue weighted by Gasteiger charge is 2.31. The largest absolute Gasteiger partial charge is 0.511 e. The average molecular weight is 557 g/mol. The van der Waals surface area contributed by atoms with Gasteiger partial charge in [-0.05, 0) is 36.3 Å². The first-order chi connectivity index (χ1) is 15.8. The van der Waals surface area contributed by atoms with Crippen LogP contribution in [-0.2, 0) is 9.63 Å². The topological polar surface area (TPSA) is 68.1 Å². The van der Waals surface area contributed by atoms with E-state index in [4.69, 9.17) is 56.0 Å². The predicted molar refractivity (Wildman–Crippen MR) is 140 cm³/mol. The third kappa shape index (κ3) is 9.41. The molecule has 1 N–H and O–H groups in total. The van der Waals surface area contributed by atoms with E-state index in [9.17, 15) is 9.90 Å². The standard InChI is InChI=1S/C23H29Cl4NO4S/c1-3-33-14(2)6-15-7-21(29)23(22(30)8-15)20(4-5-24)28-31-13-19(12-25)32-18-10-16(26)9-17(27)11-18/h9-11,14-15,19,29H,3-8,12-13H2,1-2H3/b28-20+. The summed E-state index contributed by atoms with van der Waals surface area (Å²) in [5.41, 5.74) is 0.550. The molecule has 2 rings (SSSR count). The summed E-state index contributed by atoms with van der Waals surface area (Å²) in [5, 5.41) is 16.1. The van der Waals surface area contributed by atoms with Crippen LogP contribution < -0.4 is 4.74 Å². The van der Waals surface area contributed by atoms with E-state index in [1.807, 2.05) is 11.8 Å². The second kappa shape index (κ2) is 14.6. The van der Waals surface area contributed by atoms with Gasteiger partial charge in [0.25, 0.3) is 0 Å². The number of alkyl halides is 2. The van der Waals surface area contributed by atoms with Gasteiger partial charge in [-0.1, -0.05) is 42.2 Å². The number of aliphatic hydroxyl groups is 1.